The van der Waals surface area contributed by atoms with Crippen LogP contribution < -0.4 is 10.0 Å². The second-order valence-electron chi connectivity index (χ2n) is 4.48. The summed E-state index contributed by atoms with van der Waals surface area (Å²) in [5.74, 6) is -0.219. The van der Waals surface area contributed by atoms with Gasteiger partial charge in [0.15, 0.2) is 0 Å². The van der Waals surface area contributed by atoms with Crippen LogP contribution in [0.4, 0.5) is 0 Å². The lowest BCUT2D eigenvalue weighted by Gasteiger charge is -2.07. The number of hydrogen-bond acceptors (Lipinski definition) is 4. The van der Waals surface area contributed by atoms with Crippen LogP contribution in [0.3, 0.4) is 0 Å². The van der Waals surface area contributed by atoms with Crippen LogP contribution >= 0.6 is 22.9 Å². The predicted octanol–water partition coefficient (Wildman–Crippen LogP) is 2.39. The molecule has 0 fully saturated rings. The molecule has 0 spiro atoms. The lowest BCUT2D eigenvalue weighted by molar-refractivity contribution is -0.121. The lowest BCUT2D eigenvalue weighted by atomic mass is 10.2. The van der Waals surface area contributed by atoms with Gasteiger partial charge in [0.25, 0.3) is 0 Å². The molecule has 0 aliphatic rings. The fourth-order valence-corrected chi connectivity index (χ4v) is 3.87. The maximum atomic E-state index is 11.8. The molecule has 0 radical (unpaired) electrons. The van der Waals surface area contributed by atoms with Crippen LogP contribution in [0.25, 0.3) is 0 Å². The van der Waals surface area contributed by atoms with Crippen LogP contribution in [0.2, 0.25) is 5.02 Å². The van der Waals surface area contributed by atoms with E-state index in [9.17, 15) is 13.2 Å². The Morgan fingerprint density at radius 2 is 1.91 bits per heavy atom. The summed E-state index contributed by atoms with van der Waals surface area (Å²) in [6.07, 6.45) is 0.0815. The fourth-order valence-electron chi connectivity index (χ4n) is 1.68. The van der Waals surface area contributed by atoms with E-state index in [-0.39, 0.29) is 23.1 Å². The number of carbonyl (C=O) groups excluding carboxylic acids is 1. The number of benzene rings is 1. The van der Waals surface area contributed by atoms with Gasteiger partial charge in [0.1, 0.15) is 4.21 Å². The summed E-state index contributed by atoms with van der Waals surface area (Å²) < 4.78 is 26.3. The number of sulfonamides is 1. The van der Waals surface area contributed by atoms with Crippen molar-refractivity contribution < 1.29 is 13.2 Å². The van der Waals surface area contributed by atoms with E-state index in [4.69, 9.17) is 11.6 Å². The van der Waals surface area contributed by atoms with Gasteiger partial charge in [-0.2, -0.15) is 0 Å². The van der Waals surface area contributed by atoms with Crippen molar-refractivity contribution in [3.05, 3.63) is 52.4 Å². The average molecular weight is 359 g/mol. The molecule has 22 heavy (non-hydrogen) atoms. The largest absolute Gasteiger partial charge is 0.352 e. The summed E-state index contributed by atoms with van der Waals surface area (Å²) in [6.45, 7) is 0.445. The minimum atomic E-state index is -3.51. The van der Waals surface area contributed by atoms with Gasteiger partial charge in [0.2, 0.25) is 15.9 Å². The van der Waals surface area contributed by atoms with Crippen molar-refractivity contribution >= 4 is 38.9 Å². The Bertz CT molecular complexity index is 713. The summed E-state index contributed by atoms with van der Waals surface area (Å²) in [7, 11) is -3.51. The summed E-state index contributed by atoms with van der Waals surface area (Å²) in [4.78, 5) is 11.7. The first-order valence-corrected chi connectivity index (χ1v) is 9.26. The SMILES string of the molecule is O=C(CCNS(=O)(=O)c1cccs1)NCc1ccc(Cl)cc1. The van der Waals surface area contributed by atoms with Crippen molar-refractivity contribution in [2.24, 2.45) is 0 Å². The quantitative estimate of drug-likeness (QED) is 0.798. The summed E-state index contributed by atoms with van der Waals surface area (Å²) >= 11 is 6.91. The summed E-state index contributed by atoms with van der Waals surface area (Å²) in [5.41, 5.74) is 0.928. The zero-order valence-corrected chi connectivity index (χ0v) is 14.0. The summed E-state index contributed by atoms with van der Waals surface area (Å²) in [6, 6.07) is 10.3. The van der Waals surface area contributed by atoms with Crippen LogP contribution in [0.15, 0.2) is 46.0 Å². The zero-order chi connectivity index (χ0) is 16.0. The van der Waals surface area contributed by atoms with Gasteiger partial charge < -0.3 is 5.32 Å². The Kier molecular flexibility index (Phi) is 5.96. The molecule has 1 amide bonds. The molecule has 1 heterocycles. The molecule has 0 unspecified atom stereocenters. The zero-order valence-electron chi connectivity index (χ0n) is 11.6. The van der Waals surface area contributed by atoms with Gasteiger partial charge in [-0.3, -0.25) is 4.79 Å². The highest BCUT2D eigenvalue weighted by Crippen LogP contribution is 2.15. The molecule has 0 atom stereocenters. The average Bonchev–Trinajstić information content (AvgIpc) is 3.01. The highest BCUT2D eigenvalue weighted by molar-refractivity contribution is 7.91. The standard InChI is InChI=1S/C14H15ClN2O3S2/c15-12-5-3-11(4-6-12)10-16-13(18)7-8-17-22(19,20)14-2-1-9-21-14/h1-6,9,17H,7-8,10H2,(H,16,18). The van der Waals surface area contributed by atoms with Crippen LogP contribution in [-0.4, -0.2) is 20.9 Å². The van der Waals surface area contributed by atoms with E-state index in [1.54, 1.807) is 23.6 Å². The number of rotatable bonds is 7. The second kappa shape index (κ2) is 7.73. The van der Waals surface area contributed by atoms with Gasteiger partial charge >= 0.3 is 0 Å². The Morgan fingerprint density at radius 3 is 2.55 bits per heavy atom. The number of amides is 1. The van der Waals surface area contributed by atoms with Crippen molar-refractivity contribution in [3.63, 3.8) is 0 Å². The minimum absolute atomic E-state index is 0.0622. The lowest BCUT2D eigenvalue weighted by Crippen LogP contribution is -2.30. The molecule has 2 rings (SSSR count). The van der Waals surface area contributed by atoms with E-state index in [0.717, 1.165) is 16.9 Å². The third-order valence-corrected chi connectivity index (χ3v) is 5.92. The first kappa shape index (κ1) is 17.0. The van der Waals surface area contributed by atoms with Crippen molar-refractivity contribution in [1.29, 1.82) is 0 Å². The van der Waals surface area contributed by atoms with Gasteiger partial charge in [0, 0.05) is 24.5 Å². The molecule has 0 saturated heterocycles. The van der Waals surface area contributed by atoms with Crippen molar-refractivity contribution in [1.82, 2.24) is 10.0 Å². The normalized spacial score (nSPS) is 11.3. The third-order valence-electron chi connectivity index (χ3n) is 2.81. The number of carbonyl (C=O) groups is 1. The molecule has 1 aromatic heterocycles. The third kappa shape index (κ3) is 5.10. The van der Waals surface area contributed by atoms with Crippen LogP contribution in [-0.2, 0) is 21.4 Å². The molecular weight excluding hydrogens is 344 g/mol. The Balaban J connectivity index is 1.73. The molecular formula is C14H15ClN2O3S2. The Hall–Kier alpha value is -1.41. The highest BCUT2D eigenvalue weighted by atomic mass is 35.5. The van der Waals surface area contributed by atoms with Crippen molar-refractivity contribution in [2.45, 2.75) is 17.2 Å². The second-order valence-corrected chi connectivity index (χ2v) is 7.86. The van der Waals surface area contributed by atoms with Crippen LogP contribution in [0.1, 0.15) is 12.0 Å². The van der Waals surface area contributed by atoms with Gasteiger partial charge in [0.05, 0.1) is 0 Å². The van der Waals surface area contributed by atoms with E-state index < -0.39 is 10.0 Å². The summed E-state index contributed by atoms with van der Waals surface area (Å²) in [5, 5.41) is 5.05. The van der Waals surface area contributed by atoms with E-state index >= 15 is 0 Å². The minimum Gasteiger partial charge on any atom is -0.352 e. The first-order valence-electron chi connectivity index (χ1n) is 6.52. The van der Waals surface area contributed by atoms with E-state index in [0.29, 0.717) is 11.6 Å². The first-order chi connectivity index (χ1) is 10.5. The molecule has 1 aromatic carbocycles. The maximum absolute atomic E-state index is 11.8. The maximum Gasteiger partial charge on any atom is 0.250 e. The van der Waals surface area contributed by atoms with Crippen LogP contribution in [0, 0.1) is 0 Å². The van der Waals surface area contributed by atoms with Crippen molar-refractivity contribution in [2.75, 3.05) is 6.54 Å². The Labute approximate surface area is 138 Å². The molecule has 2 aromatic rings. The number of nitrogens with one attached hydrogen (secondary N) is 2. The molecule has 0 aliphatic carbocycles. The van der Waals surface area contributed by atoms with Crippen molar-refractivity contribution in [3.8, 4) is 0 Å². The molecule has 5 nitrogen and oxygen atoms in total. The van der Waals surface area contributed by atoms with Crippen LogP contribution in [0.5, 0.6) is 0 Å². The van der Waals surface area contributed by atoms with E-state index in [2.05, 4.69) is 10.0 Å². The van der Waals surface area contributed by atoms with Gasteiger partial charge in [-0.1, -0.05) is 29.8 Å². The van der Waals surface area contributed by atoms with E-state index in [1.807, 2.05) is 12.1 Å². The fraction of sp³-hybridized carbons (Fsp3) is 0.214. The number of hydrogen-bond donors (Lipinski definition) is 2. The van der Waals surface area contributed by atoms with Gasteiger partial charge in [-0.25, -0.2) is 13.1 Å². The molecule has 8 heteroatoms. The molecule has 118 valence electrons. The van der Waals surface area contributed by atoms with Gasteiger partial charge in [-0.05, 0) is 29.1 Å². The molecule has 2 N–H and O–H groups in total. The molecule has 0 bridgehead atoms. The topological polar surface area (TPSA) is 75.3 Å². The monoisotopic (exact) mass is 358 g/mol. The Morgan fingerprint density at radius 1 is 1.18 bits per heavy atom. The van der Waals surface area contributed by atoms with Gasteiger partial charge in [-0.15, -0.1) is 11.3 Å². The molecule has 0 aliphatic heterocycles. The predicted molar refractivity (Wildman–Crippen MR) is 87.4 cm³/mol. The number of halogens is 1. The molecule has 0 saturated carbocycles. The highest BCUT2D eigenvalue weighted by Gasteiger charge is 2.14. The number of thiophene rings is 1. The van der Waals surface area contributed by atoms with E-state index in [1.165, 1.54) is 6.07 Å². The smallest absolute Gasteiger partial charge is 0.250 e.